The molecule has 1 saturated carbocycles. The van der Waals surface area contributed by atoms with E-state index in [1.165, 1.54) is 62.9 Å². The molecule has 0 aromatic heterocycles. The van der Waals surface area contributed by atoms with Gasteiger partial charge in [0.25, 0.3) is 0 Å². The Morgan fingerprint density at radius 2 is 2.04 bits per heavy atom. The van der Waals surface area contributed by atoms with Gasteiger partial charge >= 0.3 is 0 Å². The second-order valence-electron chi connectivity index (χ2n) is 8.51. The van der Waals surface area contributed by atoms with E-state index in [0.717, 1.165) is 0 Å². The lowest BCUT2D eigenvalue weighted by molar-refractivity contribution is -0.118. The zero-order valence-electron chi connectivity index (χ0n) is 14.9. The summed E-state index contributed by atoms with van der Waals surface area (Å²) >= 11 is 0. The number of para-hydroxylation sites is 1. The maximum absolute atomic E-state index is 12.6. The first-order valence-corrected chi connectivity index (χ1v) is 9.77. The van der Waals surface area contributed by atoms with Crippen LogP contribution in [0.2, 0.25) is 0 Å². The number of carbonyl (C=O) groups is 1. The molecule has 1 aromatic rings. The molecular weight excluding hydrogens is 296 g/mol. The van der Waals surface area contributed by atoms with Crippen LogP contribution in [0.25, 0.3) is 0 Å². The Balaban J connectivity index is 1.75. The first-order chi connectivity index (χ1) is 11.6. The summed E-state index contributed by atoms with van der Waals surface area (Å²) in [6.45, 7) is 6.62. The van der Waals surface area contributed by atoms with Crippen molar-refractivity contribution in [2.45, 2.75) is 69.9 Å². The molecule has 1 amide bonds. The third-order valence-electron chi connectivity index (χ3n) is 7.90. The molecule has 0 N–H and O–H groups in total. The third-order valence-corrected chi connectivity index (χ3v) is 7.90. The predicted molar refractivity (Wildman–Crippen MR) is 96.2 cm³/mol. The van der Waals surface area contributed by atoms with Crippen molar-refractivity contribution >= 4 is 11.6 Å². The maximum Gasteiger partial charge on any atom is 0.224 e. The molecule has 4 atom stereocenters. The van der Waals surface area contributed by atoms with Gasteiger partial charge in [0.05, 0.1) is 0 Å². The number of anilines is 1. The van der Waals surface area contributed by atoms with Crippen molar-refractivity contribution in [3.05, 3.63) is 29.8 Å². The lowest BCUT2D eigenvalue weighted by Gasteiger charge is -2.58. The number of amides is 1. The number of hydrogen-bond acceptors (Lipinski definition) is 2. The first kappa shape index (κ1) is 14.9. The molecule has 5 rings (SSSR count). The van der Waals surface area contributed by atoms with Gasteiger partial charge in [-0.05, 0) is 68.7 Å². The monoisotopic (exact) mass is 324 g/mol. The van der Waals surface area contributed by atoms with E-state index in [4.69, 9.17) is 0 Å². The van der Waals surface area contributed by atoms with Crippen molar-refractivity contribution < 1.29 is 4.79 Å². The van der Waals surface area contributed by atoms with Crippen LogP contribution in [0.1, 0.15) is 57.9 Å². The number of rotatable bonds is 1. The molecule has 2 saturated heterocycles. The van der Waals surface area contributed by atoms with Crippen molar-refractivity contribution in [3.63, 3.8) is 0 Å². The minimum absolute atomic E-state index is 0.178. The lowest BCUT2D eigenvalue weighted by Crippen LogP contribution is -2.65. The van der Waals surface area contributed by atoms with Crippen molar-refractivity contribution in [2.24, 2.45) is 5.41 Å². The number of fused-ring (bicyclic) bond motifs is 1. The average Bonchev–Trinajstić information content (AvgIpc) is 3.13. The largest absolute Gasteiger partial charge is 0.308 e. The minimum Gasteiger partial charge on any atom is -0.308 e. The minimum atomic E-state index is 0.178. The van der Waals surface area contributed by atoms with Gasteiger partial charge in [0, 0.05) is 30.1 Å². The Morgan fingerprint density at radius 1 is 1.21 bits per heavy atom. The van der Waals surface area contributed by atoms with E-state index in [2.05, 4.69) is 41.0 Å². The van der Waals surface area contributed by atoms with Crippen LogP contribution >= 0.6 is 0 Å². The molecule has 0 bridgehead atoms. The van der Waals surface area contributed by atoms with Gasteiger partial charge in [-0.15, -0.1) is 0 Å². The molecule has 4 unspecified atom stereocenters. The van der Waals surface area contributed by atoms with Crippen LogP contribution in [0.5, 0.6) is 0 Å². The molecule has 3 fully saturated rings. The highest BCUT2D eigenvalue weighted by molar-refractivity contribution is 5.96. The predicted octanol–water partition coefficient (Wildman–Crippen LogP) is 3.72. The van der Waals surface area contributed by atoms with E-state index in [1.54, 1.807) is 6.92 Å². The van der Waals surface area contributed by atoms with Gasteiger partial charge in [0.15, 0.2) is 0 Å². The molecule has 3 heterocycles. The summed E-state index contributed by atoms with van der Waals surface area (Å²) in [4.78, 5) is 17.5. The van der Waals surface area contributed by atoms with E-state index in [9.17, 15) is 4.79 Å². The summed E-state index contributed by atoms with van der Waals surface area (Å²) in [5.74, 6) is 0.225. The molecular formula is C21H28N2O. The Kier molecular flexibility index (Phi) is 3.02. The van der Waals surface area contributed by atoms with Crippen molar-refractivity contribution in [1.82, 2.24) is 4.90 Å². The maximum atomic E-state index is 12.6. The number of nitrogens with zero attached hydrogens (tertiary/aromatic N) is 2. The molecule has 4 aliphatic rings. The van der Waals surface area contributed by atoms with Crippen LogP contribution in [0.4, 0.5) is 5.69 Å². The summed E-state index contributed by atoms with van der Waals surface area (Å²) in [5.41, 5.74) is 3.31. The Labute approximate surface area is 145 Å². The zero-order valence-corrected chi connectivity index (χ0v) is 14.9. The van der Waals surface area contributed by atoms with Crippen LogP contribution in [0, 0.1) is 5.41 Å². The van der Waals surface area contributed by atoms with Gasteiger partial charge in [0.1, 0.15) is 0 Å². The summed E-state index contributed by atoms with van der Waals surface area (Å²) in [5, 5.41) is 0. The number of carbonyl (C=O) groups excluding carboxylic acids is 1. The van der Waals surface area contributed by atoms with Gasteiger partial charge in [-0.25, -0.2) is 0 Å². The molecule has 3 heteroatoms. The fraction of sp³-hybridized carbons (Fsp3) is 0.667. The highest BCUT2D eigenvalue weighted by Gasteiger charge is 2.68. The van der Waals surface area contributed by atoms with Gasteiger partial charge < -0.3 is 4.90 Å². The van der Waals surface area contributed by atoms with E-state index in [0.29, 0.717) is 17.5 Å². The molecule has 1 aliphatic carbocycles. The van der Waals surface area contributed by atoms with Crippen LogP contribution in [0.3, 0.4) is 0 Å². The second kappa shape index (κ2) is 4.85. The van der Waals surface area contributed by atoms with Crippen molar-refractivity contribution in [3.8, 4) is 0 Å². The smallest absolute Gasteiger partial charge is 0.224 e. The molecule has 3 aliphatic heterocycles. The van der Waals surface area contributed by atoms with Gasteiger partial charge in [-0.1, -0.05) is 25.1 Å². The highest BCUT2D eigenvalue weighted by Crippen LogP contribution is 2.65. The Morgan fingerprint density at radius 3 is 2.83 bits per heavy atom. The highest BCUT2D eigenvalue weighted by atomic mass is 16.2. The first-order valence-electron chi connectivity index (χ1n) is 9.77. The molecule has 0 radical (unpaired) electrons. The van der Waals surface area contributed by atoms with Gasteiger partial charge in [0.2, 0.25) is 5.91 Å². The molecule has 1 aromatic carbocycles. The Bertz CT molecular complexity index is 701. The van der Waals surface area contributed by atoms with E-state index >= 15 is 0 Å². The number of benzene rings is 1. The fourth-order valence-electron chi connectivity index (χ4n) is 7.16. The van der Waals surface area contributed by atoms with Crippen molar-refractivity contribution in [2.75, 3.05) is 18.0 Å². The normalized spacial score (nSPS) is 40.2. The summed E-state index contributed by atoms with van der Waals surface area (Å²) in [6.07, 6.45) is 7.70. The van der Waals surface area contributed by atoms with Crippen LogP contribution < -0.4 is 4.90 Å². The topological polar surface area (TPSA) is 23.6 Å². The standard InChI is InChI=1S/C21H28N2O/c1-3-20-10-6-13-22-14-12-21(19(20)22)16-7-4-5-8-17(16)23(15(2)24)18(21)9-11-20/h4-5,7-8,18-19H,3,6,9-14H2,1-2H3. The Hall–Kier alpha value is -1.35. The van der Waals surface area contributed by atoms with Crippen LogP contribution in [0.15, 0.2) is 24.3 Å². The molecule has 128 valence electrons. The fourth-order valence-corrected chi connectivity index (χ4v) is 7.16. The van der Waals surface area contributed by atoms with E-state index in [1.807, 2.05) is 0 Å². The SMILES string of the molecule is CCC12CCCN3CCC4(c5ccccc5N(C(C)=O)C4CC1)C32. The van der Waals surface area contributed by atoms with E-state index < -0.39 is 0 Å². The summed E-state index contributed by atoms with van der Waals surface area (Å²) in [7, 11) is 0. The molecule has 1 spiro atoms. The number of piperidine rings is 1. The number of hydrogen-bond donors (Lipinski definition) is 0. The lowest BCUT2D eigenvalue weighted by atomic mass is 9.52. The average molecular weight is 324 g/mol. The van der Waals surface area contributed by atoms with Gasteiger partial charge in [-0.3, -0.25) is 9.69 Å². The van der Waals surface area contributed by atoms with Gasteiger partial charge in [-0.2, -0.15) is 0 Å². The van der Waals surface area contributed by atoms with Crippen LogP contribution in [-0.2, 0) is 10.2 Å². The molecule has 24 heavy (non-hydrogen) atoms. The second-order valence-corrected chi connectivity index (χ2v) is 8.51. The molecule has 3 nitrogen and oxygen atoms in total. The van der Waals surface area contributed by atoms with E-state index in [-0.39, 0.29) is 11.3 Å². The third kappa shape index (κ3) is 1.55. The van der Waals surface area contributed by atoms with Crippen LogP contribution in [-0.4, -0.2) is 36.0 Å². The summed E-state index contributed by atoms with van der Waals surface area (Å²) < 4.78 is 0. The zero-order chi connectivity index (χ0) is 16.5. The summed E-state index contributed by atoms with van der Waals surface area (Å²) in [6, 6.07) is 9.80. The van der Waals surface area contributed by atoms with Crippen molar-refractivity contribution in [1.29, 1.82) is 0 Å². The quantitative estimate of drug-likeness (QED) is 0.786.